The monoisotopic (exact) mass is 379 g/mol. The first-order valence-electron chi connectivity index (χ1n) is 6.50. The largest absolute Gasteiger partial charge is 0.390 e. The van der Waals surface area contributed by atoms with Crippen LogP contribution in [-0.2, 0) is 13.3 Å². The summed E-state index contributed by atoms with van der Waals surface area (Å²) in [5.74, 6) is 0.285. The molecule has 3 heterocycles. The highest BCUT2D eigenvalue weighted by atomic mass is 32.2. The topological polar surface area (TPSA) is 146 Å². The SMILES string of the molecule is Nc1nc(S)c2ncn([C@H]3C[C@H](O)[C@@H](CSO[PH](=O)O)O3)c2n1. The van der Waals surface area contributed by atoms with Gasteiger partial charge in [-0.3, -0.25) is 9.13 Å². The van der Waals surface area contributed by atoms with E-state index in [1.807, 2.05) is 0 Å². The second kappa shape index (κ2) is 6.93. The molecule has 23 heavy (non-hydrogen) atoms. The molecule has 4 atom stereocenters. The number of thiol groups is 1. The number of rotatable bonds is 5. The Morgan fingerprint density at radius 2 is 2.39 bits per heavy atom. The summed E-state index contributed by atoms with van der Waals surface area (Å²) in [6.07, 6.45) is 0.0574. The van der Waals surface area contributed by atoms with Crippen molar-refractivity contribution in [1.29, 1.82) is 0 Å². The van der Waals surface area contributed by atoms with E-state index in [0.717, 1.165) is 12.0 Å². The standard InChI is InChI=1S/C10H14N5O5PS2/c11-10-13-8-7(9(22)14-10)12-3-15(8)6-1-4(16)5(19-6)2-23-20-21(17)18/h3-6,16,21H,1-2H2,(H,17,18)(H3,11,13,14,22)/t4-,5+,6+/m0/s1. The van der Waals surface area contributed by atoms with Crippen LogP contribution in [0.4, 0.5) is 5.95 Å². The Labute approximate surface area is 141 Å². The van der Waals surface area contributed by atoms with Gasteiger partial charge >= 0.3 is 8.25 Å². The third kappa shape index (κ3) is 3.63. The molecule has 0 saturated carbocycles. The van der Waals surface area contributed by atoms with Gasteiger partial charge in [0, 0.05) is 24.2 Å². The van der Waals surface area contributed by atoms with Crippen LogP contribution in [0.3, 0.4) is 0 Å². The molecule has 0 radical (unpaired) electrons. The van der Waals surface area contributed by atoms with Gasteiger partial charge < -0.3 is 20.5 Å². The second-order valence-electron chi connectivity index (χ2n) is 4.80. The van der Waals surface area contributed by atoms with Gasteiger partial charge in [0.15, 0.2) is 5.65 Å². The second-order valence-corrected chi connectivity index (χ2v) is 6.99. The van der Waals surface area contributed by atoms with Gasteiger partial charge in [-0.05, 0) is 0 Å². The molecule has 2 aromatic heterocycles. The van der Waals surface area contributed by atoms with Crippen LogP contribution < -0.4 is 5.73 Å². The molecule has 1 saturated heterocycles. The van der Waals surface area contributed by atoms with Gasteiger partial charge in [-0.25, -0.2) is 13.9 Å². The van der Waals surface area contributed by atoms with Crippen molar-refractivity contribution < 1.29 is 23.3 Å². The van der Waals surface area contributed by atoms with Crippen LogP contribution in [0.5, 0.6) is 0 Å². The molecule has 3 rings (SSSR count). The summed E-state index contributed by atoms with van der Waals surface area (Å²) in [7, 11) is -3.02. The Kier molecular flexibility index (Phi) is 5.11. The number of hydrogen-bond donors (Lipinski definition) is 4. The predicted molar refractivity (Wildman–Crippen MR) is 86.3 cm³/mol. The van der Waals surface area contributed by atoms with E-state index in [1.165, 1.54) is 6.33 Å². The third-order valence-electron chi connectivity index (χ3n) is 3.30. The molecule has 4 N–H and O–H groups in total. The molecule has 10 nitrogen and oxygen atoms in total. The first kappa shape index (κ1) is 17.0. The smallest absolute Gasteiger partial charge is 0.327 e. The lowest BCUT2D eigenvalue weighted by atomic mass is 10.2. The van der Waals surface area contributed by atoms with Crippen LogP contribution in [0, 0.1) is 0 Å². The summed E-state index contributed by atoms with van der Waals surface area (Å²) in [6, 6.07) is 0. The summed E-state index contributed by atoms with van der Waals surface area (Å²) in [5.41, 5.74) is 6.58. The number of aliphatic hydroxyl groups excluding tert-OH is 1. The van der Waals surface area contributed by atoms with E-state index in [9.17, 15) is 9.67 Å². The minimum Gasteiger partial charge on any atom is -0.390 e. The van der Waals surface area contributed by atoms with E-state index < -0.39 is 26.7 Å². The number of nitrogen functional groups attached to an aromatic ring is 1. The number of aliphatic hydroxyl groups is 1. The van der Waals surface area contributed by atoms with Gasteiger partial charge in [0.2, 0.25) is 5.95 Å². The van der Waals surface area contributed by atoms with Crippen molar-refractivity contribution in [3.05, 3.63) is 6.33 Å². The molecule has 1 unspecified atom stereocenters. The molecule has 0 aliphatic carbocycles. The molecular formula is C10H14N5O5PS2. The molecule has 1 aliphatic heterocycles. The number of nitrogens with two attached hydrogens (primary N) is 1. The lowest BCUT2D eigenvalue weighted by Crippen LogP contribution is -2.23. The Morgan fingerprint density at radius 1 is 1.61 bits per heavy atom. The summed E-state index contributed by atoms with van der Waals surface area (Å²) < 4.78 is 22.5. The molecule has 1 fully saturated rings. The van der Waals surface area contributed by atoms with Crippen molar-refractivity contribution in [3.63, 3.8) is 0 Å². The van der Waals surface area contributed by atoms with Crippen LogP contribution in [0.25, 0.3) is 11.2 Å². The minimum absolute atomic E-state index is 0.0661. The van der Waals surface area contributed by atoms with Gasteiger partial charge in [0.25, 0.3) is 0 Å². The van der Waals surface area contributed by atoms with E-state index in [-0.39, 0.29) is 11.7 Å². The lowest BCUT2D eigenvalue weighted by Gasteiger charge is -2.14. The molecular weight excluding hydrogens is 365 g/mol. The van der Waals surface area contributed by atoms with Gasteiger partial charge in [-0.15, -0.1) is 12.6 Å². The number of aromatic nitrogens is 4. The van der Waals surface area contributed by atoms with Crippen molar-refractivity contribution in [2.75, 3.05) is 11.5 Å². The zero-order valence-corrected chi connectivity index (χ0v) is 14.3. The van der Waals surface area contributed by atoms with E-state index in [4.69, 9.17) is 15.4 Å². The fourth-order valence-corrected chi connectivity index (χ4v) is 3.69. The maximum absolute atomic E-state index is 10.5. The van der Waals surface area contributed by atoms with Crippen molar-refractivity contribution in [2.45, 2.75) is 29.9 Å². The number of anilines is 1. The van der Waals surface area contributed by atoms with Gasteiger partial charge in [-0.1, -0.05) is 0 Å². The summed E-state index contributed by atoms with van der Waals surface area (Å²) in [6.45, 7) is 0. The first-order chi connectivity index (χ1) is 11.0. The van der Waals surface area contributed by atoms with E-state index in [0.29, 0.717) is 22.6 Å². The average Bonchev–Trinajstić information content (AvgIpc) is 3.02. The summed E-state index contributed by atoms with van der Waals surface area (Å²) in [4.78, 5) is 20.9. The predicted octanol–water partition coefficient (Wildman–Crippen LogP) is 0.392. The molecule has 0 bridgehead atoms. The molecule has 0 aromatic carbocycles. The highest BCUT2D eigenvalue weighted by molar-refractivity contribution is 7.97. The third-order valence-corrected chi connectivity index (χ3v) is 5.12. The van der Waals surface area contributed by atoms with Crippen LogP contribution in [0.15, 0.2) is 11.4 Å². The zero-order chi connectivity index (χ0) is 16.6. The van der Waals surface area contributed by atoms with Gasteiger partial charge in [0.05, 0.1) is 18.5 Å². The fourth-order valence-electron chi connectivity index (χ4n) is 2.32. The van der Waals surface area contributed by atoms with Crippen molar-refractivity contribution in [3.8, 4) is 0 Å². The summed E-state index contributed by atoms with van der Waals surface area (Å²) in [5, 5.41) is 10.4. The molecule has 2 aromatic rings. The maximum Gasteiger partial charge on any atom is 0.327 e. The Hall–Kier alpha value is -0.880. The van der Waals surface area contributed by atoms with Crippen molar-refractivity contribution in [1.82, 2.24) is 19.5 Å². The molecule has 0 amide bonds. The van der Waals surface area contributed by atoms with E-state index >= 15 is 0 Å². The number of imidazole rings is 1. The number of ether oxygens (including phenoxy) is 1. The average molecular weight is 379 g/mol. The van der Waals surface area contributed by atoms with Crippen LogP contribution in [-0.4, -0.2) is 47.5 Å². The zero-order valence-electron chi connectivity index (χ0n) is 11.6. The molecule has 0 spiro atoms. The normalized spacial score (nSPS) is 26.0. The minimum atomic E-state index is -3.02. The van der Waals surface area contributed by atoms with Crippen molar-refractivity contribution in [2.24, 2.45) is 0 Å². The van der Waals surface area contributed by atoms with Crippen LogP contribution in [0.1, 0.15) is 12.6 Å². The Bertz CT molecular complexity index is 746. The van der Waals surface area contributed by atoms with Crippen LogP contribution >= 0.6 is 32.9 Å². The summed E-state index contributed by atoms with van der Waals surface area (Å²) >= 11 is 4.99. The highest BCUT2D eigenvalue weighted by Crippen LogP contribution is 2.34. The van der Waals surface area contributed by atoms with Gasteiger partial charge in [0.1, 0.15) is 16.8 Å². The molecule has 126 valence electrons. The van der Waals surface area contributed by atoms with Crippen LogP contribution in [0.2, 0.25) is 0 Å². The quantitative estimate of drug-likeness (QED) is 0.249. The lowest BCUT2D eigenvalue weighted by molar-refractivity contribution is -0.00403. The molecule has 13 heteroatoms. The van der Waals surface area contributed by atoms with E-state index in [1.54, 1.807) is 4.57 Å². The fraction of sp³-hybridized carbons (Fsp3) is 0.500. The first-order valence-corrected chi connectivity index (χ1v) is 9.13. The number of hydrogen-bond acceptors (Lipinski definition) is 10. The van der Waals surface area contributed by atoms with E-state index in [2.05, 4.69) is 31.6 Å². The Balaban J connectivity index is 1.77. The van der Waals surface area contributed by atoms with Crippen molar-refractivity contribution >= 4 is 50.0 Å². The highest BCUT2D eigenvalue weighted by Gasteiger charge is 2.36. The number of fused-ring (bicyclic) bond motifs is 1. The molecule has 1 aliphatic rings. The number of nitrogens with zero attached hydrogens (tertiary/aromatic N) is 4. The maximum atomic E-state index is 10.5. The van der Waals surface area contributed by atoms with Gasteiger partial charge in [-0.2, -0.15) is 4.98 Å². The Morgan fingerprint density at radius 3 is 3.13 bits per heavy atom.